The van der Waals surface area contributed by atoms with Crippen LogP contribution in [0.4, 0.5) is 0 Å². The van der Waals surface area contributed by atoms with E-state index in [-0.39, 0.29) is 11.8 Å². The van der Waals surface area contributed by atoms with Crippen molar-refractivity contribution in [3.8, 4) is 5.75 Å². The van der Waals surface area contributed by atoms with Crippen molar-refractivity contribution >= 4 is 32.8 Å². The summed E-state index contributed by atoms with van der Waals surface area (Å²) in [6.45, 7) is 5.85. The fraction of sp³-hybridized carbons (Fsp3) is 0.333. The molecule has 0 atom stereocenters. The summed E-state index contributed by atoms with van der Waals surface area (Å²) < 4.78 is 11.4. The second-order valence-electron chi connectivity index (χ2n) is 4.76. The monoisotopic (exact) mass is 337 g/mol. The third kappa shape index (κ3) is 2.77. The summed E-state index contributed by atoms with van der Waals surface area (Å²) in [6, 6.07) is 5.55. The van der Waals surface area contributed by atoms with Gasteiger partial charge in [0.25, 0.3) is 0 Å². The number of methoxy groups -OCH3 is 1. The molecule has 106 valence electrons. The van der Waals surface area contributed by atoms with Gasteiger partial charge in [0.2, 0.25) is 0 Å². The smallest absolute Gasteiger partial charge is 0.356 e. The van der Waals surface area contributed by atoms with Gasteiger partial charge in [-0.1, -0.05) is 6.07 Å². The third-order valence-corrected chi connectivity index (χ3v) is 3.83. The molecule has 0 spiro atoms. The SMILES string of the molecule is COC(=O)c1cc(OC(C)C)c2ccc(C)c(Br)c2n1. The Morgan fingerprint density at radius 2 is 2.05 bits per heavy atom. The van der Waals surface area contributed by atoms with Crippen LogP contribution in [0.3, 0.4) is 0 Å². The van der Waals surface area contributed by atoms with Gasteiger partial charge in [-0.05, 0) is 48.3 Å². The number of hydrogen-bond acceptors (Lipinski definition) is 4. The minimum Gasteiger partial charge on any atom is -0.490 e. The number of fused-ring (bicyclic) bond motifs is 1. The average Bonchev–Trinajstić information content (AvgIpc) is 2.41. The molecule has 20 heavy (non-hydrogen) atoms. The predicted octanol–water partition coefficient (Wildman–Crippen LogP) is 3.88. The lowest BCUT2D eigenvalue weighted by molar-refractivity contribution is 0.0593. The summed E-state index contributed by atoms with van der Waals surface area (Å²) in [5.74, 6) is 0.153. The lowest BCUT2D eigenvalue weighted by Gasteiger charge is -2.14. The maximum atomic E-state index is 11.7. The zero-order valence-corrected chi connectivity index (χ0v) is 13.4. The first-order valence-corrected chi connectivity index (χ1v) is 7.08. The number of halogens is 1. The van der Waals surface area contributed by atoms with Crippen LogP contribution in [-0.2, 0) is 4.74 Å². The highest BCUT2D eigenvalue weighted by Gasteiger charge is 2.16. The van der Waals surface area contributed by atoms with Crippen molar-refractivity contribution in [2.75, 3.05) is 7.11 Å². The molecule has 0 aliphatic rings. The first kappa shape index (κ1) is 14.8. The molecule has 0 aliphatic heterocycles. The Kier molecular flexibility index (Phi) is 4.28. The Morgan fingerprint density at radius 1 is 1.35 bits per heavy atom. The highest BCUT2D eigenvalue weighted by atomic mass is 79.9. The van der Waals surface area contributed by atoms with Crippen molar-refractivity contribution in [1.82, 2.24) is 4.98 Å². The lowest BCUT2D eigenvalue weighted by Crippen LogP contribution is -2.10. The average molecular weight is 338 g/mol. The van der Waals surface area contributed by atoms with Gasteiger partial charge in [0.1, 0.15) is 5.75 Å². The van der Waals surface area contributed by atoms with Gasteiger partial charge in [-0.15, -0.1) is 0 Å². The van der Waals surface area contributed by atoms with Crippen LogP contribution in [0.25, 0.3) is 10.9 Å². The first-order valence-electron chi connectivity index (χ1n) is 6.29. The van der Waals surface area contributed by atoms with E-state index >= 15 is 0 Å². The minimum absolute atomic E-state index is 0.00572. The summed E-state index contributed by atoms with van der Waals surface area (Å²) in [6.07, 6.45) is 0.00572. The van der Waals surface area contributed by atoms with Crippen molar-refractivity contribution < 1.29 is 14.3 Å². The lowest BCUT2D eigenvalue weighted by atomic mass is 10.1. The Labute approximate surface area is 126 Å². The third-order valence-electron chi connectivity index (χ3n) is 2.83. The van der Waals surface area contributed by atoms with Gasteiger partial charge in [-0.25, -0.2) is 9.78 Å². The van der Waals surface area contributed by atoms with Crippen molar-refractivity contribution in [3.05, 3.63) is 33.9 Å². The molecule has 0 aliphatic carbocycles. The number of rotatable bonds is 3. The number of hydrogen-bond donors (Lipinski definition) is 0. The minimum atomic E-state index is -0.478. The highest BCUT2D eigenvalue weighted by Crippen LogP contribution is 2.33. The first-order chi connectivity index (χ1) is 9.43. The van der Waals surface area contributed by atoms with Crippen molar-refractivity contribution in [2.45, 2.75) is 26.9 Å². The van der Waals surface area contributed by atoms with Gasteiger partial charge >= 0.3 is 5.97 Å². The fourth-order valence-corrected chi connectivity index (χ4v) is 2.32. The van der Waals surface area contributed by atoms with Crippen molar-refractivity contribution in [1.29, 1.82) is 0 Å². The second kappa shape index (κ2) is 5.79. The van der Waals surface area contributed by atoms with Crippen LogP contribution < -0.4 is 4.74 Å². The molecule has 1 aromatic heterocycles. The molecule has 0 fully saturated rings. The molecular formula is C15H16BrNO3. The van der Waals surface area contributed by atoms with Gasteiger partial charge in [-0.2, -0.15) is 0 Å². The summed E-state index contributed by atoms with van der Waals surface area (Å²) >= 11 is 3.52. The number of benzene rings is 1. The van der Waals surface area contributed by atoms with Crippen LogP contribution in [0, 0.1) is 6.92 Å². The molecule has 1 aromatic carbocycles. The Morgan fingerprint density at radius 3 is 2.65 bits per heavy atom. The summed E-state index contributed by atoms with van der Waals surface area (Å²) in [5.41, 5.74) is 1.98. The van der Waals surface area contributed by atoms with Gasteiger partial charge < -0.3 is 9.47 Å². The number of ether oxygens (including phenoxy) is 2. The quantitative estimate of drug-likeness (QED) is 0.797. The zero-order valence-electron chi connectivity index (χ0n) is 11.9. The van der Waals surface area contributed by atoms with Crippen LogP contribution in [0.2, 0.25) is 0 Å². The molecule has 0 amide bonds. The molecule has 0 N–H and O–H groups in total. The number of pyridine rings is 1. The molecule has 5 heteroatoms. The van der Waals surface area contributed by atoms with Crippen LogP contribution in [-0.4, -0.2) is 24.2 Å². The molecule has 0 unspecified atom stereocenters. The van der Waals surface area contributed by atoms with E-state index in [0.717, 1.165) is 15.4 Å². The summed E-state index contributed by atoms with van der Waals surface area (Å²) in [5, 5.41) is 0.865. The summed E-state index contributed by atoms with van der Waals surface area (Å²) in [4.78, 5) is 16.1. The molecule has 0 radical (unpaired) electrons. The molecule has 0 saturated heterocycles. The Bertz CT molecular complexity index is 668. The zero-order chi connectivity index (χ0) is 14.9. The van der Waals surface area contributed by atoms with E-state index in [2.05, 4.69) is 20.9 Å². The van der Waals surface area contributed by atoms with Crippen LogP contribution >= 0.6 is 15.9 Å². The van der Waals surface area contributed by atoms with E-state index < -0.39 is 5.97 Å². The van der Waals surface area contributed by atoms with E-state index in [4.69, 9.17) is 9.47 Å². The Hall–Kier alpha value is -1.62. The predicted molar refractivity (Wildman–Crippen MR) is 81.3 cm³/mol. The number of aromatic nitrogens is 1. The number of nitrogens with zero attached hydrogens (tertiary/aromatic N) is 1. The van der Waals surface area contributed by atoms with Crippen molar-refractivity contribution in [2.24, 2.45) is 0 Å². The molecular weight excluding hydrogens is 322 g/mol. The topological polar surface area (TPSA) is 48.4 Å². The molecule has 0 bridgehead atoms. The van der Waals surface area contributed by atoms with Crippen LogP contribution in [0.15, 0.2) is 22.7 Å². The number of carbonyl (C=O) groups excluding carboxylic acids is 1. The van der Waals surface area contributed by atoms with Crippen molar-refractivity contribution in [3.63, 3.8) is 0 Å². The number of carbonyl (C=O) groups is 1. The largest absolute Gasteiger partial charge is 0.490 e. The van der Waals surface area contributed by atoms with E-state index in [9.17, 15) is 4.79 Å². The number of aryl methyl sites for hydroxylation is 1. The van der Waals surface area contributed by atoms with Gasteiger partial charge in [-0.3, -0.25) is 0 Å². The van der Waals surface area contributed by atoms with Gasteiger partial charge in [0.05, 0.1) is 18.7 Å². The highest BCUT2D eigenvalue weighted by molar-refractivity contribution is 9.10. The molecule has 1 heterocycles. The Balaban J connectivity index is 2.74. The molecule has 2 aromatic rings. The van der Waals surface area contributed by atoms with E-state index in [1.54, 1.807) is 6.07 Å². The fourth-order valence-electron chi connectivity index (χ4n) is 1.89. The maximum Gasteiger partial charge on any atom is 0.356 e. The van der Waals surface area contributed by atoms with Gasteiger partial charge in [0, 0.05) is 15.9 Å². The number of esters is 1. The van der Waals surface area contributed by atoms with Crippen LogP contribution in [0.5, 0.6) is 5.75 Å². The molecule has 2 rings (SSSR count). The standard InChI is InChI=1S/C15H16BrNO3/c1-8(2)20-12-7-11(15(18)19-4)17-14-10(12)6-5-9(3)13(14)16/h5-8H,1-4H3. The molecule has 0 saturated carbocycles. The van der Waals surface area contributed by atoms with E-state index in [1.807, 2.05) is 32.9 Å². The normalized spacial score (nSPS) is 10.9. The molecule has 4 nitrogen and oxygen atoms in total. The maximum absolute atomic E-state index is 11.7. The second-order valence-corrected chi connectivity index (χ2v) is 5.55. The van der Waals surface area contributed by atoms with Crippen LogP contribution in [0.1, 0.15) is 29.9 Å². The van der Waals surface area contributed by atoms with Gasteiger partial charge in [0.15, 0.2) is 5.69 Å². The summed E-state index contributed by atoms with van der Waals surface area (Å²) in [7, 11) is 1.34. The van der Waals surface area contributed by atoms with E-state index in [1.165, 1.54) is 7.11 Å². The van der Waals surface area contributed by atoms with E-state index in [0.29, 0.717) is 11.3 Å².